The first-order valence-electron chi connectivity index (χ1n) is 7.16. The van der Waals surface area contributed by atoms with E-state index in [2.05, 4.69) is 55.0 Å². The third kappa shape index (κ3) is 3.56. The summed E-state index contributed by atoms with van der Waals surface area (Å²) >= 11 is 0. The lowest BCUT2D eigenvalue weighted by Crippen LogP contribution is -2.57. The maximum atomic E-state index is 5.88. The van der Waals surface area contributed by atoms with Crippen molar-refractivity contribution in [1.82, 2.24) is 9.80 Å². The van der Waals surface area contributed by atoms with Crippen molar-refractivity contribution in [1.29, 1.82) is 0 Å². The molecular formula is C16H27N3. The molecule has 1 aliphatic rings. The molecule has 1 aromatic carbocycles. The lowest BCUT2D eigenvalue weighted by atomic mass is 9.99. The Morgan fingerprint density at radius 3 is 2.37 bits per heavy atom. The molecular weight excluding hydrogens is 234 g/mol. The average molecular weight is 261 g/mol. The minimum absolute atomic E-state index is 0.122. The maximum absolute atomic E-state index is 5.88. The quantitative estimate of drug-likeness (QED) is 0.905. The summed E-state index contributed by atoms with van der Waals surface area (Å²) in [5, 5.41) is 0. The topological polar surface area (TPSA) is 32.5 Å². The molecule has 106 valence electrons. The number of likely N-dealkylation sites (N-methyl/N-ethyl adjacent to an activating group) is 1. The Kier molecular flexibility index (Phi) is 4.29. The lowest BCUT2D eigenvalue weighted by Gasteiger charge is -2.45. The van der Waals surface area contributed by atoms with Gasteiger partial charge in [-0.3, -0.25) is 9.80 Å². The molecule has 0 bridgehead atoms. The number of nitrogens with two attached hydrogens (primary N) is 1. The fourth-order valence-electron chi connectivity index (χ4n) is 2.66. The van der Waals surface area contributed by atoms with Crippen molar-refractivity contribution in [2.24, 2.45) is 5.73 Å². The van der Waals surface area contributed by atoms with E-state index in [9.17, 15) is 0 Å². The van der Waals surface area contributed by atoms with Gasteiger partial charge < -0.3 is 5.73 Å². The Balaban J connectivity index is 1.98. The number of rotatable bonds is 3. The second kappa shape index (κ2) is 5.61. The summed E-state index contributed by atoms with van der Waals surface area (Å²) in [6.45, 7) is 11.1. The predicted octanol–water partition coefficient (Wildman–Crippen LogP) is 2.23. The fraction of sp³-hybridized carbons (Fsp3) is 0.625. The molecule has 2 N–H and O–H groups in total. The zero-order chi connectivity index (χ0) is 14.0. The number of hydrogen-bond donors (Lipinski definition) is 1. The number of benzene rings is 1. The maximum Gasteiger partial charge on any atom is 0.0277 e. The van der Waals surface area contributed by atoms with E-state index in [0.29, 0.717) is 0 Å². The summed E-state index contributed by atoms with van der Waals surface area (Å²) in [7, 11) is 2.22. The normalized spacial score (nSPS) is 22.4. The van der Waals surface area contributed by atoms with E-state index in [1.165, 1.54) is 11.1 Å². The first-order valence-corrected chi connectivity index (χ1v) is 7.16. The van der Waals surface area contributed by atoms with Crippen molar-refractivity contribution >= 4 is 0 Å². The molecule has 1 aromatic rings. The number of piperazine rings is 1. The van der Waals surface area contributed by atoms with E-state index in [1.54, 1.807) is 0 Å². The Hall–Kier alpha value is -0.900. The van der Waals surface area contributed by atoms with Crippen LogP contribution in [-0.4, -0.2) is 42.0 Å². The van der Waals surface area contributed by atoms with Crippen LogP contribution in [0.1, 0.15) is 37.9 Å². The van der Waals surface area contributed by atoms with Gasteiger partial charge in [0.1, 0.15) is 0 Å². The van der Waals surface area contributed by atoms with Crippen LogP contribution in [0.4, 0.5) is 0 Å². The van der Waals surface area contributed by atoms with Crippen molar-refractivity contribution in [2.45, 2.75) is 38.9 Å². The first-order chi connectivity index (χ1) is 8.88. The highest BCUT2D eigenvalue weighted by atomic mass is 15.3. The average Bonchev–Trinajstić information content (AvgIpc) is 2.34. The van der Waals surface area contributed by atoms with Gasteiger partial charge in [0, 0.05) is 37.8 Å². The van der Waals surface area contributed by atoms with Crippen molar-refractivity contribution < 1.29 is 0 Å². The van der Waals surface area contributed by atoms with Crippen LogP contribution in [0.5, 0.6) is 0 Å². The number of hydrogen-bond acceptors (Lipinski definition) is 3. The van der Waals surface area contributed by atoms with E-state index in [1.807, 2.05) is 6.92 Å². The highest BCUT2D eigenvalue weighted by Crippen LogP contribution is 2.21. The zero-order valence-electron chi connectivity index (χ0n) is 12.7. The van der Waals surface area contributed by atoms with Crippen LogP contribution in [0.3, 0.4) is 0 Å². The molecule has 19 heavy (non-hydrogen) atoms. The lowest BCUT2D eigenvalue weighted by molar-refractivity contribution is 0.0360. The predicted molar refractivity (Wildman–Crippen MR) is 81.0 cm³/mol. The van der Waals surface area contributed by atoms with Crippen LogP contribution in [0.25, 0.3) is 0 Å². The molecule has 0 amide bonds. The van der Waals surface area contributed by atoms with Crippen molar-refractivity contribution in [3.8, 4) is 0 Å². The monoisotopic (exact) mass is 261 g/mol. The Bertz CT molecular complexity index is 409. The summed E-state index contributed by atoms with van der Waals surface area (Å²) < 4.78 is 0. The Labute approximate surface area is 117 Å². The fourth-order valence-corrected chi connectivity index (χ4v) is 2.66. The van der Waals surface area contributed by atoms with Gasteiger partial charge in [0.05, 0.1) is 0 Å². The standard InChI is InChI=1S/C16H27N3/c1-13(17)15-7-5-14(6-8-15)11-19-10-9-18(4)16(2,3)12-19/h5-8,13H,9-12,17H2,1-4H3. The molecule has 1 atom stereocenters. The van der Waals surface area contributed by atoms with E-state index < -0.39 is 0 Å². The van der Waals surface area contributed by atoms with Gasteiger partial charge in [-0.2, -0.15) is 0 Å². The second-order valence-electron chi connectivity index (χ2n) is 6.47. The molecule has 0 aromatic heterocycles. The van der Waals surface area contributed by atoms with Crippen LogP contribution in [0.15, 0.2) is 24.3 Å². The molecule has 0 radical (unpaired) electrons. The van der Waals surface area contributed by atoms with Crippen LogP contribution in [-0.2, 0) is 6.54 Å². The van der Waals surface area contributed by atoms with Crippen molar-refractivity contribution in [2.75, 3.05) is 26.7 Å². The molecule has 3 heteroatoms. The van der Waals surface area contributed by atoms with Crippen LogP contribution >= 0.6 is 0 Å². The number of nitrogens with zero attached hydrogens (tertiary/aromatic N) is 2. The van der Waals surface area contributed by atoms with Gasteiger partial charge in [0.25, 0.3) is 0 Å². The summed E-state index contributed by atoms with van der Waals surface area (Å²) in [6, 6.07) is 8.85. The van der Waals surface area contributed by atoms with E-state index in [4.69, 9.17) is 5.73 Å². The van der Waals surface area contributed by atoms with Gasteiger partial charge in [-0.1, -0.05) is 24.3 Å². The molecule has 2 rings (SSSR count). The van der Waals surface area contributed by atoms with Crippen molar-refractivity contribution in [3.05, 3.63) is 35.4 Å². The molecule has 1 aliphatic heterocycles. The Morgan fingerprint density at radius 2 is 1.84 bits per heavy atom. The van der Waals surface area contributed by atoms with Gasteiger partial charge >= 0.3 is 0 Å². The van der Waals surface area contributed by atoms with Crippen LogP contribution in [0.2, 0.25) is 0 Å². The molecule has 1 fully saturated rings. The highest BCUT2D eigenvalue weighted by molar-refractivity contribution is 5.24. The smallest absolute Gasteiger partial charge is 0.0277 e. The van der Waals surface area contributed by atoms with Crippen molar-refractivity contribution in [3.63, 3.8) is 0 Å². The molecule has 1 saturated heterocycles. The minimum Gasteiger partial charge on any atom is -0.324 e. The van der Waals surface area contributed by atoms with Gasteiger partial charge in [-0.25, -0.2) is 0 Å². The van der Waals surface area contributed by atoms with E-state index in [0.717, 1.165) is 26.2 Å². The molecule has 1 unspecified atom stereocenters. The highest BCUT2D eigenvalue weighted by Gasteiger charge is 2.30. The largest absolute Gasteiger partial charge is 0.324 e. The van der Waals surface area contributed by atoms with Crippen LogP contribution < -0.4 is 5.73 Å². The molecule has 3 nitrogen and oxygen atoms in total. The molecule has 0 spiro atoms. The third-order valence-electron chi connectivity index (χ3n) is 4.31. The molecule has 0 saturated carbocycles. The van der Waals surface area contributed by atoms with Gasteiger partial charge in [0.15, 0.2) is 0 Å². The SMILES string of the molecule is CC(N)c1ccc(CN2CCN(C)C(C)(C)C2)cc1. The summed E-state index contributed by atoms with van der Waals surface area (Å²) in [6.07, 6.45) is 0. The third-order valence-corrected chi connectivity index (χ3v) is 4.31. The summed E-state index contributed by atoms with van der Waals surface area (Å²) in [5.74, 6) is 0. The molecule has 1 heterocycles. The van der Waals surface area contributed by atoms with E-state index >= 15 is 0 Å². The Morgan fingerprint density at radius 1 is 1.21 bits per heavy atom. The zero-order valence-corrected chi connectivity index (χ0v) is 12.7. The van der Waals surface area contributed by atoms with E-state index in [-0.39, 0.29) is 11.6 Å². The minimum atomic E-state index is 0.122. The molecule has 0 aliphatic carbocycles. The first kappa shape index (κ1) is 14.5. The van der Waals surface area contributed by atoms with Crippen LogP contribution in [0, 0.1) is 0 Å². The second-order valence-corrected chi connectivity index (χ2v) is 6.47. The summed E-state index contributed by atoms with van der Waals surface area (Å²) in [5.41, 5.74) is 8.74. The van der Waals surface area contributed by atoms with Gasteiger partial charge in [-0.15, -0.1) is 0 Å². The summed E-state index contributed by atoms with van der Waals surface area (Å²) in [4.78, 5) is 4.99. The van der Waals surface area contributed by atoms with Gasteiger partial charge in [0.2, 0.25) is 0 Å². The van der Waals surface area contributed by atoms with Gasteiger partial charge in [-0.05, 0) is 38.9 Å².